The Morgan fingerprint density at radius 1 is 1.32 bits per heavy atom. The molecule has 1 heterocycles. The summed E-state index contributed by atoms with van der Waals surface area (Å²) in [7, 11) is 0. The topological polar surface area (TPSA) is 60.5 Å². The van der Waals surface area contributed by atoms with Crippen LogP contribution in [0.4, 0.5) is 23.8 Å². The highest BCUT2D eigenvalue weighted by molar-refractivity contribution is 5.83. The van der Waals surface area contributed by atoms with E-state index >= 15 is 0 Å². The Balaban J connectivity index is 2.70. The van der Waals surface area contributed by atoms with Crippen molar-refractivity contribution in [2.75, 3.05) is 5.32 Å². The number of alkyl halides is 3. The summed E-state index contributed by atoms with van der Waals surface area (Å²) in [5, 5.41) is 2.21. The first-order valence-electron chi connectivity index (χ1n) is 5.27. The zero-order valence-corrected chi connectivity index (χ0v) is 10.5. The summed E-state index contributed by atoms with van der Waals surface area (Å²) in [5.41, 5.74) is -0.718. The van der Waals surface area contributed by atoms with E-state index in [0.29, 0.717) is 0 Å². The number of hydrogen-bond donors (Lipinski definition) is 1. The van der Waals surface area contributed by atoms with Gasteiger partial charge in [0.1, 0.15) is 17.2 Å². The van der Waals surface area contributed by atoms with E-state index in [0.717, 1.165) is 18.3 Å². The average molecular weight is 278 g/mol. The molecule has 106 valence electrons. The highest BCUT2D eigenvalue weighted by Crippen LogP contribution is 2.24. The number of rotatable bonds is 2. The molecule has 1 aromatic rings. The third kappa shape index (κ3) is 6.49. The van der Waals surface area contributed by atoms with Gasteiger partial charge in [-0.1, -0.05) is 0 Å². The van der Waals surface area contributed by atoms with Crippen LogP contribution in [0, 0.1) is 0 Å². The zero-order valence-electron chi connectivity index (χ0n) is 10.5. The first-order valence-corrected chi connectivity index (χ1v) is 5.27. The highest BCUT2D eigenvalue weighted by Gasteiger charge is 2.31. The van der Waals surface area contributed by atoms with E-state index < -0.39 is 23.8 Å². The second-order valence-corrected chi connectivity index (χ2v) is 4.55. The van der Waals surface area contributed by atoms with Crippen LogP contribution >= 0.6 is 0 Å². The third-order valence-corrected chi connectivity index (χ3v) is 1.59. The summed E-state index contributed by atoms with van der Waals surface area (Å²) in [4.78, 5) is 15.1. The zero-order chi connectivity index (χ0) is 14.7. The number of carbonyl (C=O) groups excluding carboxylic acids is 1. The largest absolute Gasteiger partial charge is 0.573 e. The fourth-order valence-electron chi connectivity index (χ4n) is 1.08. The number of aromatic nitrogens is 1. The van der Waals surface area contributed by atoms with Gasteiger partial charge in [0, 0.05) is 12.3 Å². The SMILES string of the molecule is CC(C)(C)OC(=O)Nc1cc(OC(F)(F)F)ccn1. The number of carbonyl (C=O) groups is 1. The molecule has 0 unspecified atom stereocenters. The van der Waals surface area contributed by atoms with Gasteiger partial charge in [0.15, 0.2) is 0 Å². The van der Waals surface area contributed by atoms with Crippen molar-refractivity contribution in [2.24, 2.45) is 0 Å². The number of ether oxygens (including phenoxy) is 2. The molecule has 8 heteroatoms. The molecular formula is C11H13F3N2O3. The van der Waals surface area contributed by atoms with E-state index in [4.69, 9.17) is 4.74 Å². The van der Waals surface area contributed by atoms with Gasteiger partial charge in [0.25, 0.3) is 0 Å². The number of hydrogen-bond acceptors (Lipinski definition) is 4. The summed E-state index contributed by atoms with van der Waals surface area (Å²) in [6, 6.07) is 1.96. The normalized spacial score (nSPS) is 11.9. The Kier molecular flexibility index (Phi) is 4.23. The molecule has 1 aromatic heterocycles. The molecule has 0 atom stereocenters. The van der Waals surface area contributed by atoms with Gasteiger partial charge in [0.2, 0.25) is 0 Å². The quantitative estimate of drug-likeness (QED) is 0.901. The predicted octanol–water partition coefficient (Wildman–Crippen LogP) is 3.33. The molecule has 1 amide bonds. The number of pyridine rings is 1. The summed E-state index contributed by atoms with van der Waals surface area (Å²) in [5.74, 6) is -0.579. The van der Waals surface area contributed by atoms with E-state index in [1.807, 2.05) is 0 Å². The van der Waals surface area contributed by atoms with Crippen molar-refractivity contribution in [3.05, 3.63) is 18.3 Å². The molecular weight excluding hydrogens is 265 g/mol. The lowest BCUT2D eigenvalue weighted by molar-refractivity contribution is -0.274. The Hall–Kier alpha value is -1.99. The molecule has 0 saturated heterocycles. The molecule has 19 heavy (non-hydrogen) atoms. The first-order chi connectivity index (χ1) is 8.55. The maximum Gasteiger partial charge on any atom is 0.573 e. The molecule has 0 fully saturated rings. The van der Waals surface area contributed by atoms with Crippen molar-refractivity contribution < 1.29 is 27.4 Å². The van der Waals surface area contributed by atoms with Crippen molar-refractivity contribution >= 4 is 11.9 Å². The lowest BCUT2D eigenvalue weighted by Gasteiger charge is -2.19. The van der Waals surface area contributed by atoms with Crippen LogP contribution in [0.3, 0.4) is 0 Å². The maximum absolute atomic E-state index is 12.0. The monoisotopic (exact) mass is 278 g/mol. The highest BCUT2D eigenvalue weighted by atomic mass is 19.4. The van der Waals surface area contributed by atoms with Crippen LogP contribution in [-0.2, 0) is 4.74 Å². The van der Waals surface area contributed by atoms with Crippen LogP contribution < -0.4 is 10.1 Å². The van der Waals surface area contributed by atoms with Crippen LogP contribution in [0.5, 0.6) is 5.75 Å². The predicted molar refractivity (Wildman–Crippen MR) is 60.8 cm³/mol. The average Bonchev–Trinajstić information content (AvgIpc) is 2.11. The van der Waals surface area contributed by atoms with E-state index in [9.17, 15) is 18.0 Å². The van der Waals surface area contributed by atoms with E-state index in [-0.39, 0.29) is 5.82 Å². The van der Waals surface area contributed by atoms with Crippen LogP contribution in [-0.4, -0.2) is 23.0 Å². The molecule has 0 saturated carbocycles. The lowest BCUT2D eigenvalue weighted by atomic mass is 10.2. The molecule has 0 aliphatic heterocycles. The summed E-state index contributed by atoms with van der Waals surface area (Å²) < 4.78 is 44.6. The minimum Gasteiger partial charge on any atom is -0.444 e. The number of nitrogens with zero attached hydrogens (tertiary/aromatic N) is 1. The number of nitrogens with one attached hydrogen (secondary N) is 1. The van der Waals surface area contributed by atoms with Gasteiger partial charge in [-0.2, -0.15) is 0 Å². The van der Waals surface area contributed by atoms with Gasteiger partial charge >= 0.3 is 12.5 Å². The van der Waals surface area contributed by atoms with Crippen molar-refractivity contribution in [3.8, 4) is 5.75 Å². The minimum absolute atomic E-state index is 0.101. The molecule has 0 spiro atoms. The fraction of sp³-hybridized carbons (Fsp3) is 0.455. The van der Waals surface area contributed by atoms with E-state index in [1.54, 1.807) is 20.8 Å². The van der Waals surface area contributed by atoms with Crippen molar-refractivity contribution in [3.63, 3.8) is 0 Å². The Labute approximate surface area is 107 Å². The molecule has 1 N–H and O–H groups in total. The van der Waals surface area contributed by atoms with Gasteiger partial charge in [-0.25, -0.2) is 9.78 Å². The molecule has 0 aromatic carbocycles. The Bertz CT molecular complexity index is 455. The third-order valence-electron chi connectivity index (χ3n) is 1.59. The summed E-state index contributed by atoms with van der Waals surface area (Å²) in [6.07, 6.45) is -4.54. The van der Waals surface area contributed by atoms with Crippen molar-refractivity contribution in [2.45, 2.75) is 32.7 Å². The van der Waals surface area contributed by atoms with Gasteiger partial charge < -0.3 is 9.47 Å². The number of amides is 1. The van der Waals surface area contributed by atoms with Crippen LogP contribution in [0.15, 0.2) is 18.3 Å². The molecule has 0 aliphatic rings. The molecule has 0 radical (unpaired) electrons. The first kappa shape index (κ1) is 15.1. The Morgan fingerprint density at radius 3 is 2.47 bits per heavy atom. The number of halogens is 3. The summed E-state index contributed by atoms with van der Waals surface area (Å²) >= 11 is 0. The number of anilines is 1. The molecule has 0 aliphatic carbocycles. The van der Waals surface area contributed by atoms with Crippen molar-refractivity contribution in [1.82, 2.24) is 4.98 Å². The van der Waals surface area contributed by atoms with Crippen molar-refractivity contribution in [1.29, 1.82) is 0 Å². The maximum atomic E-state index is 12.0. The van der Waals surface area contributed by atoms with E-state index in [1.165, 1.54) is 0 Å². The van der Waals surface area contributed by atoms with Gasteiger partial charge in [-0.05, 0) is 26.8 Å². The van der Waals surface area contributed by atoms with Crippen LogP contribution in [0.2, 0.25) is 0 Å². The van der Waals surface area contributed by atoms with Gasteiger partial charge in [-0.3, -0.25) is 5.32 Å². The van der Waals surface area contributed by atoms with Gasteiger partial charge in [-0.15, -0.1) is 13.2 Å². The fourth-order valence-corrected chi connectivity index (χ4v) is 1.08. The van der Waals surface area contributed by atoms with Crippen LogP contribution in [0.25, 0.3) is 0 Å². The van der Waals surface area contributed by atoms with Crippen LogP contribution in [0.1, 0.15) is 20.8 Å². The van der Waals surface area contributed by atoms with Gasteiger partial charge in [0.05, 0.1) is 0 Å². The minimum atomic E-state index is -4.80. The molecule has 1 rings (SSSR count). The second-order valence-electron chi connectivity index (χ2n) is 4.55. The second kappa shape index (κ2) is 5.33. The standard InChI is InChI=1S/C11H13F3N2O3/c1-10(2,3)19-9(17)16-8-6-7(4-5-15-8)18-11(12,13)14/h4-6H,1-3H3,(H,15,16,17). The van der Waals surface area contributed by atoms with E-state index in [2.05, 4.69) is 15.0 Å². The molecule has 0 bridgehead atoms. The lowest BCUT2D eigenvalue weighted by Crippen LogP contribution is -2.27. The smallest absolute Gasteiger partial charge is 0.444 e. The Morgan fingerprint density at radius 2 is 1.95 bits per heavy atom. The summed E-state index contributed by atoms with van der Waals surface area (Å²) in [6.45, 7) is 4.97. The molecule has 5 nitrogen and oxygen atoms in total.